The largest absolute Gasteiger partial charge is 0.392 e. The average Bonchev–Trinajstić information content (AvgIpc) is 3.48. The van der Waals surface area contributed by atoms with E-state index in [1.54, 1.807) is 17.0 Å². The number of hydrogen-bond acceptors (Lipinski definition) is 4. The molecule has 186 valence electrons. The van der Waals surface area contributed by atoms with Gasteiger partial charge in [-0.05, 0) is 53.4 Å². The van der Waals surface area contributed by atoms with E-state index in [1.165, 1.54) is 6.42 Å². The van der Waals surface area contributed by atoms with Crippen LogP contribution in [0.4, 0.5) is 16.2 Å². The van der Waals surface area contributed by atoms with Crippen molar-refractivity contribution in [1.82, 2.24) is 15.5 Å². The molecule has 0 saturated carbocycles. The van der Waals surface area contributed by atoms with Crippen molar-refractivity contribution >= 4 is 52.2 Å². The molecule has 0 radical (unpaired) electrons. The Labute approximate surface area is 224 Å². The molecule has 0 aromatic heterocycles. The van der Waals surface area contributed by atoms with Gasteiger partial charge in [0.15, 0.2) is 0 Å². The van der Waals surface area contributed by atoms with Crippen LogP contribution >= 0.6 is 34.8 Å². The lowest BCUT2D eigenvalue weighted by atomic mass is 9.93. The third kappa shape index (κ3) is 4.16. The van der Waals surface area contributed by atoms with Crippen LogP contribution in [0, 0.1) is 0 Å². The SMILES string of the molecule is O=C1NCc2c(-c3ccccc3Cl)cc(CN3CC4CC3CN4)cc2N1c1c(Cl)cc(CO)cc1Cl. The molecule has 36 heavy (non-hydrogen) atoms. The lowest BCUT2D eigenvalue weighted by Gasteiger charge is -2.34. The van der Waals surface area contributed by atoms with Gasteiger partial charge in [0, 0.05) is 54.4 Å². The predicted molar refractivity (Wildman–Crippen MR) is 144 cm³/mol. The molecule has 9 heteroatoms. The van der Waals surface area contributed by atoms with E-state index < -0.39 is 0 Å². The van der Waals surface area contributed by atoms with Crippen molar-refractivity contribution in [3.05, 3.63) is 80.3 Å². The molecule has 6 nitrogen and oxygen atoms in total. The first-order chi connectivity index (χ1) is 17.4. The fourth-order valence-electron chi connectivity index (χ4n) is 5.68. The number of carbonyl (C=O) groups is 1. The van der Waals surface area contributed by atoms with Crippen LogP contribution in [0.2, 0.25) is 15.1 Å². The Morgan fingerprint density at radius 3 is 2.42 bits per heavy atom. The minimum Gasteiger partial charge on any atom is -0.392 e. The number of aliphatic hydroxyl groups is 1. The minimum atomic E-state index is -0.310. The summed E-state index contributed by atoms with van der Waals surface area (Å²) in [6.07, 6.45) is 1.17. The van der Waals surface area contributed by atoms with E-state index in [0.29, 0.717) is 44.9 Å². The van der Waals surface area contributed by atoms with Gasteiger partial charge in [0.1, 0.15) is 0 Å². The average molecular weight is 544 g/mol. The summed E-state index contributed by atoms with van der Waals surface area (Å²) >= 11 is 19.9. The molecule has 2 amide bonds. The van der Waals surface area contributed by atoms with Crippen molar-refractivity contribution in [3.63, 3.8) is 0 Å². The van der Waals surface area contributed by atoms with Gasteiger partial charge in [-0.2, -0.15) is 0 Å². The molecule has 3 aromatic rings. The zero-order chi connectivity index (χ0) is 25.0. The number of hydrogen-bond donors (Lipinski definition) is 3. The second-order valence-electron chi connectivity index (χ2n) is 9.61. The van der Waals surface area contributed by atoms with E-state index in [-0.39, 0.29) is 12.6 Å². The van der Waals surface area contributed by atoms with Gasteiger partial charge in [0.2, 0.25) is 0 Å². The number of carbonyl (C=O) groups excluding carboxylic acids is 1. The molecule has 2 saturated heterocycles. The number of rotatable bonds is 5. The summed E-state index contributed by atoms with van der Waals surface area (Å²) < 4.78 is 0. The standard InChI is InChI=1S/C27H25Cl3N4O2/c28-22-4-2-1-3-19(22)20-5-15(12-33-13-17-9-18(33)10-31-17)8-25-21(20)11-32-27(36)34(25)26-23(29)6-16(14-35)7-24(26)30/h1-8,17-18,31,35H,9-14H2,(H,32,36). The van der Waals surface area contributed by atoms with E-state index in [9.17, 15) is 9.90 Å². The highest BCUT2D eigenvalue weighted by Gasteiger charge is 2.38. The number of piperazine rings is 1. The Morgan fingerprint density at radius 2 is 1.75 bits per heavy atom. The summed E-state index contributed by atoms with van der Waals surface area (Å²) in [6.45, 7) is 2.94. The highest BCUT2D eigenvalue weighted by atomic mass is 35.5. The molecule has 3 N–H and O–H groups in total. The van der Waals surface area contributed by atoms with Gasteiger partial charge in [-0.1, -0.05) is 53.0 Å². The molecule has 2 bridgehead atoms. The minimum absolute atomic E-state index is 0.198. The second-order valence-corrected chi connectivity index (χ2v) is 10.8. The Kier molecular flexibility index (Phi) is 6.36. The molecule has 6 rings (SSSR count). The Bertz CT molecular complexity index is 1340. The van der Waals surface area contributed by atoms with Gasteiger partial charge in [-0.25, -0.2) is 4.79 Å². The Morgan fingerprint density at radius 1 is 0.972 bits per heavy atom. The summed E-state index contributed by atoms with van der Waals surface area (Å²) in [4.78, 5) is 17.3. The maximum Gasteiger partial charge on any atom is 0.326 e. The topological polar surface area (TPSA) is 67.8 Å². The maximum atomic E-state index is 13.3. The van der Waals surface area contributed by atoms with E-state index in [2.05, 4.69) is 27.7 Å². The summed E-state index contributed by atoms with van der Waals surface area (Å²) in [6, 6.07) is 16.0. The normalized spacial score (nSPS) is 21.1. The molecule has 3 aliphatic heterocycles. The van der Waals surface area contributed by atoms with Gasteiger partial charge >= 0.3 is 6.03 Å². The number of aliphatic hydroxyl groups excluding tert-OH is 1. The van der Waals surface area contributed by atoms with Crippen molar-refractivity contribution in [1.29, 1.82) is 0 Å². The van der Waals surface area contributed by atoms with Gasteiger partial charge < -0.3 is 15.7 Å². The summed E-state index contributed by atoms with van der Waals surface area (Å²) in [5, 5.41) is 17.3. The molecule has 2 fully saturated rings. The molecule has 3 aliphatic rings. The highest BCUT2D eigenvalue weighted by molar-refractivity contribution is 6.40. The van der Waals surface area contributed by atoms with Crippen molar-refractivity contribution in [2.45, 2.75) is 38.2 Å². The molecule has 2 atom stereocenters. The molecule has 3 heterocycles. The Balaban J connectivity index is 1.52. The first kappa shape index (κ1) is 24.0. The first-order valence-electron chi connectivity index (χ1n) is 12.0. The van der Waals surface area contributed by atoms with Crippen LogP contribution in [0.1, 0.15) is 23.1 Å². The lowest BCUT2D eigenvalue weighted by Crippen LogP contribution is -2.43. The highest BCUT2D eigenvalue weighted by Crippen LogP contribution is 2.45. The van der Waals surface area contributed by atoms with Crippen LogP contribution in [-0.4, -0.2) is 41.2 Å². The number of halogens is 3. The van der Waals surface area contributed by atoms with Crippen LogP contribution in [0.15, 0.2) is 48.5 Å². The molecule has 0 spiro atoms. The number of fused-ring (bicyclic) bond motifs is 3. The third-order valence-electron chi connectivity index (χ3n) is 7.35. The van der Waals surface area contributed by atoms with Crippen LogP contribution < -0.4 is 15.5 Å². The molecule has 0 aliphatic carbocycles. The van der Waals surface area contributed by atoms with Crippen LogP contribution in [0.25, 0.3) is 11.1 Å². The number of nitrogens with one attached hydrogen (secondary N) is 2. The molecule has 3 aromatic carbocycles. The van der Waals surface area contributed by atoms with Gasteiger partial charge in [-0.15, -0.1) is 0 Å². The van der Waals surface area contributed by atoms with Crippen LogP contribution in [0.5, 0.6) is 0 Å². The summed E-state index contributed by atoms with van der Waals surface area (Å²) in [5.41, 5.74) is 5.61. The zero-order valence-electron chi connectivity index (χ0n) is 19.4. The number of likely N-dealkylation sites (tertiary alicyclic amines) is 1. The van der Waals surface area contributed by atoms with Gasteiger partial charge in [-0.3, -0.25) is 9.80 Å². The lowest BCUT2D eigenvalue weighted by molar-refractivity contribution is 0.218. The smallest absolute Gasteiger partial charge is 0.326 e. The predicted octanol–water partition coefficient (Wildman–Crippen LogP) is 5.71. The molecular weight excluding hydrogens is 519 g/mol. The van der Waals surface area contributed by atoms with Crippen LogP contribution in [0.3, 0.4) is 0 Å². The van der Waals surface area contributed by atoms with Crippen molar-refractivity contribution in [2.75, 3.05) is 18.0 Å². The molecule has 2 unspecified atom stereocenters. The van der Waals surface area contributed by atoms with Crippen molar-refractivity contribution in [3.8, 4) is 11.1 Å². The third-order valence-corrected chi connectivity index (χ3v) is 8.25. The number of amides is 2. The summed E-state index contributed by atoms with van der Waals surface area (Å²) in [5.74, 6) is 0. The monoisotopic (exact) mass is 542 g/mol. The summed E-state index contributed by atoms with van der Waals surface area (Å²) in [7, 11) is 0. The molecular formula is C27H25Cl3N4O2. The van der Waals surface area contributed by atoms with Crippen molar-refractivity contribution < 1.29 is 9.90 Å². The van der Waals surface area contributed by atoms with Crippen LogP contribution in [-0.2, 0) is 19.7 Å². The number of anilines is 2. The number of benzene rings is 3. The van der Waals surface area contributed by atoms with E-state index in [4.69, 9.17) is 34.8 Å². The van der Waals surface area contributed by atoms with Gasteiger partial charge in [0.05, 0.1) is 28.0 Å². The number of urea groups is 1. The quantitative estimate of drug-likeness (QED) is 0.385. The van der Waals surface area contributed by atoms with E-state index >= 15 is 0 Å². The first-order valence-corrected chi connectivity index (χ1v) is 13.1. The fraction of sp³-hybridized carbons (Fsp3) is 0.296. The fourth-order valence-corrected chi connectivity index (χ4v) is 6.62. The maximum absolute atomic E-state index is 13.3. The second kappa shape index (κ2) is 9.53. The number of nitrogens with zero attached hydrogens (tertiary/aromatic N) is 2. The van der Waals surface area contributed by atoms with Crippen molar-refractivity contribution in [2.24, 2.45) is 0 Å². The van der Waals surface area contributed by atoms with E-state index in [0.717, 1.165) is 47.6 Å². The Hall–Kier alpha value is -2.32. The van der Waals surface area contributed by atoms with Gasteiger partial charge in [0.25, 0.3) is 0 Å². The van der Waals surface area contributed by atoms with E-state index in [1.807, 2.05) is 24.3 Å². The zero-order valence-corrected chi connectivity index (χ0v) is 21.7.